The number of benzene rings is 1. The van der Waals surface area contributed by atoms with Crippen LogP contribution in [0.25, 0.3) is 6.08 Å². The molecule has 1 N–H and O–H groups in total. The van der Waals surface area contributed by atoms with Crippen LogP contribution in [0, 0.1) is 11.8 Å². The first-order chi connectivity index (χ1) is 13.0. The van der Waals surface area contributed by atoms with Crippen molar-refractivity contribution < 1.29 is 14.3 Å². The molecule has 0 unspecified atom stereocenters. The highest BCUT2D eigenvalue weighted by molar-refractivity contribution is 6.77. The molecule has 158 valence electrons. The molecule has 0 aliphatic carbocycles. The molecule has 0 bridgehead atoms. The maximum Gasteiger partial charge on any atom is 0.200 e. The molecule has 1 rings (SSSR count). The lowest BCUT2D eigenvalue weighted by atomic mass is 9.91. The second-order valence-corrected chi connectivity index (χ2v) is 14.4. The molecule has 0 radical (unpaired) electrons. The van der Waals surface area contributed by atoms with E-state index in [4.69, 9.17) is 4.43 Å². The molecule has 4 heteroatoms. The fraction of sp³-hybridized carbons (Fsp3) is 0.625. The topological polar surface area (TPSA) is 46.5 Å². The fourth-order valence-corrected chi connectivity index (χ4v) is 9.95. The summed E-state index contributed by atoms with van der Waals surface area (Å²) in [5.74, 6) is -0.617. The second kappa shape index (κ2) is 11.1. The molecule has 3 atom stereocenters. The second-order valence-electron chi connectivity index (χ2n) is 8.98. The Hall–Kier alpha value is -1.23. The summed E-state index contributed by atoms with van der Waals surface area (Å²) in [6.45, 7) is 17.7. The van der Waals surface area contributed by atoms with Crippen molar-refractivity contribution in [1.29, 1.82) is 0 Å². The number of ketones is 1. The average Bonchev–Trinajstić information content (AvgIpc) is 2.65. The van der Waals surface area contributed by atoms with Crippen LogP contribution >= 0.6 is 0 Å². The summed E-state index contributed by atoms with van der Waals surface area (Å²) in [6.07, 6.45) is 2.78. The van der Waals surface area contributed by atoms with Crippen LogP contribution in [-0.2, 0) is 9.22 Å². The third-order valence-corrected chi connectivity index (χ3v) is 12.1. The van der Waals surface area contributed by atoms with Crippen LogP contribution in [0.15, 0.2) is 36.4 Å². The van der Waals surface area contributed by atoms with Gasteiger partial charge in [-0.15, -0.1) is 0 Å². The number of Topliss-reactive ketones (excluding diaryl/α,β-unsaturated/α-hetero) is 1. The van der Waals surface area contributed by atoms with Crippen LogP contribution in [0.4, 0.5) is 0 Å². The Bertz CT molecular complexity index is 600. The Morgan fingerprint density at radius 3 is 1.93 bits per heavy atom. The van der Waals surface area contributed by atoms with Gasteiger partial charge in [-0.25, -0.2) is 0 Å². The normalized spacial score (nSPS) is 16.1. The van der Waals surface area contributed by atoms with Crippen molar-refractivity contribution in [2.75, 3.05) is 6.61 Å². The summed E-state index contributed by atoms with van der Waals surface area (Å²) in [5.41, 5.74) is 2.49. The lowest BCUT2D eigenvalue weighted by Crippen LogP contribution is -2.49. The Labute approximate surface area is 173 Å². The van der Waals surface area contributed by atoms with E-state index in [2.05, 4.69) is 41.5 Å². The summed E-state index contributed by atoms with van der Waals surface area (Å²) in [6, 6.07) is 9.80. The predicted molar refractivity (Wildman–Crippen MR) is 122 cm³/mol. The van der Waals surface area contributed by atoms with Crippen LogP contribution in [0.5, 0.6) is 0 Å². The van der Waals surface area contributed by atoms with Gasteiger partial charge in [0.2, 0.25) is 0 Å². The summed E-state index contributed by atoms with van der Waals surface area (Å²) in [4.78, 5) is 12.9. The van der Waals surface area contributed by atoms with Gasteiger partial charge in [0.1, 0.15) is 5.78 Å². The lowest BCUT2D eigenvalue weighted by molar-refractivity contribution is -0.129. The van der Waals surface area contributed by atoms with Gasteiger partial charge in [-0.2, -0.15) is 0 Å². The molecular weight excluding hydrogens is 364 g/mol. The lowest BCUT2D eigenvalue weighted by Gasteiger charge is -2.42. The number of carbonyl (C=O) groups excluding carboxylic acids is 1. The standard InChI is InChI=1S/C24H40O3Si/c1-17(2)28(18(3)4,19(5)6)27-16-20(7)24(26)21(8)23(25)15-14-22-12-10-9-11-13-22/h9-15,17-21,23,25H,16H2,1-8H3/b15-14+/t20-,21+,23-/m0/s1. The minimum absolute atomic E-state index is 0.0596. The maximum atomic E-state index is 12.9. The number of hydrogen-bond acceptors (Lipinski definition) is 3. The molecule has 0 fully saturated rings. The summed E-state index contributed by atoms with van der Waals surface area (Å²) >= 11 is 0. The highest BCUT2D eigenvalue weighted by atomic mass is 28.4. The smallest absolute Gasteiger partial charge is 0.200 e. The molecule has 0 aliphatic rings. The molecule has 0 spiro atoms. The van der Waals surface area contributed by atoms with Crippen molar-refractivity contribution in [3.05, 3.63) is 42.0 Å². The minimum Gasteiger partial charge on any atom is -0.415 e. The molecule has 1 aromatic rings. The van der Waals surface area contributed by atoms with Crippen LogP contribution in [0.3, 0.4) is 0 Å². The fourth-order valence-electron chi connectivity index (χ4n) is 4.41. The zero-order valence-electron chi connectivity index (χ0n) is 19.0. The van der Waals surface area contributed by atoms with E-state index >= 15 is 0 Å². The SMILES string of the molecule is CC(C)[Si](OC[C@H](C)C(=O)[C@H](C)[C@@H](O)/C=C/c1ccccc1)(C(C)C)C(C)C. The first-order valence-electron chi connectivity index (χ1n) is 10.6. The van der Waals surface area contributed by atoms with Gasteiger partial charge in [0, 0.05) is 18.4 Å². The van der Waals surface area contributed by atoms with Gasteiger partial charge in [0.05, 0.1) is 6.10 Å². The van der Waals surface area contributed by atoms with E-state index in [0.29, 0.717) is 23.2 Å². The summed E-state index contributed by atoms with van der Waals surface area (Å²) < 4.78 is 6.57. The monoisotopic (exact) mass is 404 g/mol. The van der Waals surface area contributed by atoms with Crippen LogP contribution in [0.1, 0.15) is 61.0 Å². The largest absolute Gasteiger partial charge is 0.415 e. The highest BCUT2D eigenvalue weighted by Crippen LogP contribution is 2.42. The third-order valence-electron chi connectivity index (χ3n) is 6.02. The van der Waals surface area contributed by atoms with E-state index in [1.54, 1.807) is 13.0 Å². The van der Waals surface area contributed by atoms with Crippen LogP contribution in [0.2, 0.25) is 16.6 Å². The molecular formula is C24H40O3Si. The van der Waals surface area contributed by atoms with E-state index in [1.165, 1.54) is 0 Å². The van der Waals surface area contributed by atoms with E-state index in [0.717, 1.165) is 5.56 Å². The number of rotatable bonds is 11. The number of aliphatic hydroxyl groups excluding tert-OH is 1. The van der Waals surface area contributed by atoms with Crippen molar-refractivity contribution in [3.63, 3.8) is 0 Å². The highest BCUT2D eigenvalue weighted by Gasteiger charge is 2.45. The van der Waals surface area contributed by atoms with Gasteiger partial charge in [-0.05, 0) is 22.2 Å². The molecule has 0 saturated carbocycles. The first kappa shape index (κ1) is 24.8. The van der Waals surface area contributed by atoms with Gasteiger partial charge < -0.3 is 9.53 Å². The van der Waals surface area contributed by atoms with Crippen molar-refractivity contribution in [1.82, 2.24) is 0 Å². The zero-order chi connectivity index (χ0) is 21.5. The molecule has 0 heterocycles. The predicted octanol–water partition coefficient (Wildman–Crippen LogP) is 6.09. The van der Waals surface area contributed by atoms with Gasteiger partial charge in [0.25, 0.3) is 0 Å². The zero-order valence-corrected chi connectivity index (χ0v) is 20.0. The minimum atomic E-state index is -1.99. The summed E-state index contributed by atoms with van der Waals surface area (Å²) in [5, 5.41) is 10.5. The van der Waals surface area contributed by atoms with E-state index in [1.807, 2.05) is 43.3 Å². The molecule has 0 amide bonds. The van der Waals surface area contributed by atoms with Crippen LogP contribution < -0.4 is 0 Å². The molecule has 0 aromatic heterocycles. The van der Waals surface area contributed by atoms with E-state index < -0.39 is 20.3 Å². The van der Waals surface area contributed by atoms with Gasteiger partial charge in [-0.3, -0.25) is 4.79 Å². The van der Waals surface area contributed by atoms with Crippen molar-refractivity contribution in [2.45, 2.75) is 78.1 Å². The Balaban J connectivity index is 2.76. The Kier molecular flexibility index (Phi) is 9.82. The molecule has 0 saturated heterocycles. The molecule has 3 nitrogen and oxygen atoms in total. The molecule has 28 heavy (non-hydrogen) atoms. The summed E-state index contributed by atoms with van der Waals surface area (Å²) in [7, 11) is -1.99. The number of aliphatic hydroxyl groups is 1. The quantitative estimate of drug-likeness (QED) is 0.454. The van der Waals surface area contributed by atoms with Crippen molar-refractivity contribution in [2.24, 2.45) is 11.8 Å². The van der Waals surface area contributed by atoms with Gasteiger partial charge >= 0.3 is 0 Å². The first-order valence-corrected chi connectivity index (χ1v) is 12.8. The Morgan fingerprint density at radius 1 is 0.964 bits per heavy atom. The van der Waals surface area contributed by atoms with Crippen molar-refractivity contribution in [3.8, 4) is 0 Å². The Morgan fingerprint density at radius 2 is 1.46 bits per heavy atom. The average molecular weight is 405 g/mol. The number of carbonyl (C=O) groups is 1. The van der Waals surface area contributed by atoms with E-state index in [-0.39, 0.29) is 11.7 Å². The maximum absolute atomic E-state index is 12.9. The van der Waals surface area contributed by atoms with Gasteiger partial charge in [0.15, 0.2) is 8.32 Å². The van der Waals surface area contributed by atoms with Crippen molar-refractivity contribution >= 4 is 20.2 Å². The third kappa shape index (κ3) is 6.13. The molecule has 0 aliphatic heterocycles. The van der Waals surface area contributed by atoms with Gasteiger partial charge in [-0.1, -0.05) is 97.9 Å². The van der Waals surface area contributed by atoms with E-state index in [9.17, 15) is 9.90 Å². The van der Waals surface area contributed by atoms with Crippen LogP contribution in [-0.4, -0.2) is 31.9 Å². The number of hydrogen-bond donors (Lipinski definition) is 1. The molecule has 1 aromatic carbocycles.